The Morgan fingerprint density at radius 3 is 2.71 bits per heavy atom. The van der Waals surface area contributed by atoms with E-state index < -0.39 is 10.7 Å². The number of aromatic nitrogens is 2. The average Bonchev–Trinajstić information content (AvgIpc) is 2.86. The number of carbonyl (C=O) groups is 1. The quantitative estimate of drug-likeness (QED) is 0.600. The third-order valence-corrected chi connectivity index (χ3v) is 2.89. The monoisotopic (exact) mass is 258 g/mol. The van der Waals surface area contributed by atoms with Crippen LogP contribution < -0.4 is 0 Å². The minimum Gasteiger partial charge on any atom is -0.358 e. The number of hydrogen-bond acceptors (Lipinski definition) is 4. The molecule has 8 heteroatoms. The molecule has 1 aliphatic heterocycles. The van der Waals surface area contributed by atoms with Crippen molar-refractivity contribution in [2.45, 2.75) is 19.4 Å². The Bertz CT molecular complexity index is 453. The van der Waals surface area contributed by atoms with Gasteiger partial charge in [0, 0.05) is 13.1 Å². The first-order chi connectivity index (χ1) is 8.08. The van der Waals surface area contributed by atoms with Crippen molar-refractivity contribution in [3.05, 3.63) is 21.3 Å². The van der Waals surface area contributed by atoms with Crippen molar-refractivity contribution in [2.75, 3.05) is 13.1 Å². The second kappa shape index (κ2) is 4.70. The molecular weight excluding hydrogens is 248 g/mol. The largest absolute Gasteiger partial charge is 0.408 e. The summed E-state index contributed by atoms with van der Waals surface area (Å²) >= 11 is 5.63. The van der Waals surface area contributed by atoms with Gasteiger partial charge in [0.1, 0.15) is 6.54 Å². The minimum atomic E-state index is -0.667. The molecule has 0 unspecified atom stereocenters. The van der Waals surface area contributed by atoms with Gasteiger partial charge in [0.2, 0.25) is 5.91 Å². The van der Waals surface area contributed by atoms with Gasteiger partial charge in [-0.25, -0.2) is 0 Å². The molecule has 0 aromatic carbocycles. The average molecular weight is 259 g/mol. The van der Waals surface area contributed by atoms with Crippen molar-refractivity contribution in [1.82, 2.24) is 14.7 Å². The van der Waals surface area contributed by atoms with Gasteiger partial charge in [-0.05, 0) is 17.8 Å². The first kappa shape index (κ1) is 11.8. The van der Waals surface area contributed by atoms with Crippen LogP contribution in [0.2, 0.25) is 5.02 Å². The number of rotatable bonds is 3. The highest BCUT2D eigenvalue weighted by atomic mass is 35.5. The molecule has 7 nitrogen and oxygen atoms in total. The van der Waals surface area contributed by atoms with E-state index in [1.807, 2.05) is 0 Å². The molecule has 0 N–H and O–H groups in total. The van der Waals surface area contributed by atoms with Gasteiger partial charge in [-0.2, -0.15) is 4.68 Å². The Morgan fingerprint density at radius 2 is 2.18 bits per heavy atom. The van der Waals surface area contributed by atoms with Crippen LogP contribution in [0.4, 0.5) is 5.82 Å². The molecular formula is C9H11ClN4O3. The zero-order valence-electron chi connectivity index (χ0n) is 9.00. The molecule has 0 atom stereocenters. The summed E-state index contributed by atoms with van der Waals surface area (Å²) in [4.78, 5) is 23.3. The molecule has 17 heavy (non-hydrogen) atoms. The number of carbonyl (C=O) groups excluding carboxylic acids is 1. The lowest BCUT2D eigenvalue weighted by Crippen LogP contribution is -2.31. The van der Waals surface area contributed by atoms with Crippen LogP contribution in [0.3, 0.4) is 0 Å². The molecule has 0 radical (unpaired) electrons. The topological polar surface area (TPSA) is 81.3 Å². The molecule has 0 bridgehead atoms. The lowest BCUT2D eigenvalue weighted by molar-refractivity contribution is -0.389. The van der Waals surface area contributed by atoms with Crippen LogP contribution >= 0.6 is 11.6 Å². The lowest BCUT2D eigenvalue weighted by Gasteiger charge is -2.13. The Hall–Kier alpha value is -1.63. The zero-order valence-corrected chi connectivity index (χ0v) is 9.76. The van der Waals surface area contributed by atoms with E-state index in [0.717, 1.165) is 25.9 Å². The zero-order chi connectivity index (χ0) is 12.4. The Kier molecular flexibility index (Phi) is 3.28. The summed E-state index contributed by atoms with van der Waals surface area (Å²) in [7, 11) is 0. The van der Waals surface area contributed by atoms with E-state index in [2.05, 4.69) is 5.10 Å². The second-order valence-corrected chi connectivity index (χ2v) is 4.25. The fourth-order valence-corrected chi connectivity index (χ4v) is 2.02. The van der Waals surface area contributed by atoms with Crippen molar-refractivity contribution in [3.8, 4) is 0 Å². The summed E-state index contributed by atoms with van der Waals surface area (Å²) < 4.78 is 1.21. The van der Waals surface area contributed by atoms with Crippen molar-refractivity contribution in [1.29, 1.82) is 0 Å². The standard InChI is InChI=1S/C9H11ClN4O3/c10-7-5-13(11-9(7)14(16)17)6-8(15)12-3-1-2-4-12/h5H,1-4,6H2. The van der Waals surface area contributed by atoms with Crippen molar-refractivity contribution in [3.63, 3.8) is 0 Å². The van der Waals surface area contributed by atoms with Crippen LogP contribution in [0.5, 0.6) is 0 Å². The second-order valence-electron chi connectivity index (χ2n) is 3.84. The summed E-state index contributed by atoms with van der Waals surface area (Å²) in [5.74, 6) is -0.502. The van der Waals surface area contributed by atoms with Crippen molar-refractivity contribution in [2.24, 2.45) is 0 Å². The summed E-state index contributed by atoms with van der Waals surface area (Å²) in [6.45, 7) is 1.49. The lowest BCUT2D eigenvalue weighted by atomic mass is 10.4. The maximum absolute atomic E-state index is 11.8. The van der Waals surface area contributed by atoms with E-state index in [9.17, 15) is 14.9 Å². The van der Waals surface area contributed by atoms with Crippen LogP contribution in [0.1, 0.15) is 12.8 Å². The normalized spacial score (nSPS) is 15.2. The predicted octanol–water partition coefficient (Wildman–Crippen LogP) is 1.07. The van der Waals surface area contributed by atoms with Crippen molar-refractivity contribution >= 4 is 23.3 Å². The molecule has 2 rings (SSSR count). The molecule has 0 spiro atoms. The number of nitrogens with zero attached hydrogens (tertiary/aromatic N) is 4. The molecule has 92 valence electrons. The van der Waals surface area contributed by atoms with Gasteiger partial charge in [-0.1, -0.05) is 11.6 Å². The van der Waals surface area contributed by atoms with Gasteiger partial charge in [-0.15, -0.1) is 0 Å². The summed E-state index contributed by atoms with van der Waals surface area (Å²) in [5, 5.41) is 14.1. The highest BCUT2D eigenvalue weighted by molar-refractivity contribution is 6.32. The van der Waals surface area contributed by atoms with Crippen LogP contribution in [-0.2, 0) is 11.3 Å². The van der Waals surface area contributed by atoms with Gasteiger partial charge in [0.15, 0.2) is 5.02 Å². The Balaban J connectivity index is 2.05. The van der Waals surface area contributed by atoms with E-state index in [4.69, 9.17) is 11.6 Å². The van der Waals surface area contributed by atoms with E-state index >= 15 is 0 Å². The number of halogens is 1. The fourth-order valence-electron chi connectivity index (χ4n) is 1.80. The third kappa shape index (κ3) is 2.55. The smallest absolute Gasteiger partial charge is 0.358 e. The number of likely N-dealkylation sites (tertiary alicyclic amines) is 1. The SMILES string of the molecule is O=C(Cn1cc(Cl)c([N+](=O)[O-])n1)N1CCCC1. The number of nitro groups is 1. The number of hydrogen-bond donors (Lipinski definition) is 0. The molecule has 1 amide bonds. The molecule has 0 saturated carbocycles. The van der Waals surface area contributed by atoms with Crippen LogP contribution in [-0.4, -0.2) is 38.6 Å². The molecule has 1 saturated heterocycles. The maximum Gasteiger partial charge on any atom is 0.408 e. The van der Waals surface area contributed by atoms with Gasteiger partial charge >= 0.3 is 5.82 Å². The first-order valence-electron chi connectivity index (χ1n) is 5.23. The van der Waals surface area contributed by atoms with E-state index in [1.165, 1.54) is 10.9 Å². The maximum atomic E-state index is 11.8. The first-order valence-corrected chi connectivity index (χ1v) is 5.61. The number of amides is 1. The Labute approximate surface area is 102 Å². The molecule has 0 aliphatic carbocycles. The third-order valence-electron chi connectivity index (χ3n) is 2.63. The van der Waals surface area contributed by atoms with Crippen LogP contribution in [0.25, 0.3) is 0 Å². The Morgan fingerprint density at radius 1 is 1.53 bits per heavy atom. The van der Waals surface area contributed by atoms with E-state index in [0.29, 0.717) is 0 Å². The highest BCUT2D eigenvalue weighted by Gasteiger charge is 2.23. The highest BCUT2D eigenvalue weighted by Crippen LogP contribution is 2.21. The van der Waals surface area contributed by atoms with E-state index in [-0.39, 0.29) is 17.5 Å². The van der Waals surface area contributed by atoms with Gasteiger partial charge in [-0.3, -0.25) is 4.79 Å². The molecule has 1 aliphatic rings. The summed E-state index contributed by atoms with van der Waals surface area (Å²) in [5.41, 5.74) is 0. The van der Waals surface area contributed by atoms with Crippen LogP contribution in [0.15, 0.2) is 6.20 Å². The van der Waals surface area contributed by atoms with Crippen LogP contribution in [0, 0.1) is 10.1 Å². The molecule has 2 heterocycles. The van der Waals surface area contributed by atoms with Gasteiger partial charge in [0.05, 0.1) is 11.3 Å². The molecule has 1 aromatic rings. The van der Waals surface area contributed by atoms with E-state index in [1.54, 1.807) is 4.90 Å². The molecule has 1 aromatic heterocycles. The van der Waals surface area contributed by atoms with Gasteiger partial charge in [0.25, 0.3) is 0 Å². The van der Waals surface area contributed by atoms with Crippen molar-refractivity contribution < 1.29 is 9.72 Å². The summed E-state index contributed by atoms with van der Waals surface area (Å²) in [6, 6.07) is 0. The summed E-state index contributed by atoms with van der Waals surface area (Å²) in [6.07, 6.45) is 3.31. The fraction of sp³-hybridized carbons (Fsp3) is 0.556. The molecule has 1 fully saturated rings. The minimum absolute atomic E-state index is 0.00639. The predicted molar refractivity (Wildman–Crippen MR) is 59.7 cm³/mol. The van der Waals surface area contributed by atoms with Gasteiger partial charge < -0.3 is 15.0 Å².